The Bertz CT molecular complexity index is 1110. The lowest BCUT2D eigenvalue weighted by molar-refractivity contribution is -0.121. The van der Waals surface area contributed by atoms with E-state index >= 15 is 0 Å². The van der Waals surface area contributed by atoms with Crippen LogP contribution < -0.4 is 16.6 Å². The van der Waals surface area contributed by atoms with E-state index in [1.807, 2.05) is 0 Å². The molecular weight excluding hydrogens is 391 g/mol. The van der Waals surface area contributed by atoms with Crippen LogP contribution in [0, 0.1) is 0 Å². The van der Waals surface area contributed by atoms with Gasteiger partial charge < -0.3 is 5.32 Å². The van der Waals surface area contributed by atoms with Gasteiger partial charge in [-0.1, -0.05) is 41.4 Å². The van der Waals surface area contributed by atoms with Crippen molar-refractivity contribution in [1.29, 1.82) is 0 Å². The number of rotatable bonds is 4. The summed E-state index contributed by atoms with van der Waals surface area (Å²) in [7, 11) is 1.54. The summed E-state index contributed by atoms with van der Waals surface area (Å²) >= 11 is 12.3. The zero-order valence-electron chi connectivity index (χ0n) is 14.1. The van der Waals surface area contributed by atoms with Gasteiger partial charge >= 0.3 is 5.69 Å². The summed E-state index contributed by atoms with van der Waals surface area (Å²) < 4.78 is 1.01. The standard InChI is InChI=1S/C18H14Cl2N4O3/c1-21-17(26)16(10-2-4-11(19)5-3-10)13-7-6-12(8-14(13)20)24-18(27)23-15(25)9-22-24/h2-9,16H,1H3,(H,21,26)(H,23,25,27). The van der Waals surface area contributed by atoms with Crippen LogP contribution in [0.3, 0.4) is 0 Å². The third kappa shape index (κ3) is 3.94. The first-order valence-electron chi connectivity index (χ1n) is 7.86. The van der Waals surface area contributed by atoms with E-state index in [0.29, 0.717) is 21.8 Å². The fraction of sp³-hybridized carbons (Fsp3) is 0.111. The molecule has 1 unspecified atom stereocenters. The lowest BCUT2D eigenvalue weighted by Crippen LogP contribution is -2.30. The van der Waals surface area contributed by atoms with E-state index in [4.69, 9.17) is 23.2 Å². The molecule has 0 aliphatic rings. The topological polar surface area (TPSA) is 96.8 Å². The van der Waals surface area contributed by atoms with E-state index in [1.165, 1.54) is 13.1 Å². The van der Waals surface area contributed by atoms with Gasteiger partial charge in [0.1, 0.15) is 6.20 Å². The number of nitrogens with zero attached hydrogens (tertiary/aromatic N) is 2. The maximum absolute atomic E-state index is 12.5. The van der Waals surface area contributed by atoms with Gasteiger partial charge in [0.25, 0.3) is 5.56 Å². The Morgan fingerprint density at radius 3 is 2.44 bits per heavy atom. The quantitative estimate of drug-likeness (QED) is 0.695. The molecule has 0 bridgehead atoms. The van der Waals surface area contributed by atoms with Crippen molar-refractivity contribution in [3.63, 3.8) is 0 Å². The second-order valence-electron chi connectivity index (χ2n) is 5.66. The van der Waals surface area contributed by atoms with Gasteiger partial charge in [0.05, 0.1) is 11.6 Å². The Balaban J connectivity index is 2.09. The van der Waals surface area contributed by atoms with Crippen LogP contribution in [0.15, 0.2) is 58.3 Å². The van der Waals surface area contributed by atoms with Crippen molar-refractivity contribution in [3.05, 3.63) is 90.7 Å². The van der Waals surface area contributed by atoms with Gasteiger partial charge in [0.2, 0.25) is 5.91 Å². The smallest absolute Gasteiger partial charge is 0.349 e. The Kier molecular flexibility index (Phi) is 5.43. The fourth-order valence-corrected chi connectivity index (χ4v) is 3.10. The van der Waals surface area contributed by atoms with E-state index in [1.54, 1.807) is 36.4 Å². The van der Waals surface area contributed by atoms with E-state index < -0.39 is 17.2 Å². The molecular formula is C18H14Cl2N4O3. The van der Waals surface area contributed by atoms with Crippen LogP contribution in [0.2, 0.25) is 10.0 Å². The summed E-state index contributed by atoms with van der Waals surface area (Å²) in [6, 6.07) is 11.6. The summed E-state index contributed by atoms with van der Waals surface area (Å²) in [5, 5.41) is 7.25. The number of aromatic nitrogens is 3. The summed E-state index contributed by atoms with van der Waals surface area (Å²) in [6.45, 7) is 0. The number of benzene rings is 2. The van der Waals surface area contributed by atoms with Crippen molar-refractivity contribution in [1.82, 2.24) is 20.1 Å². The third-order valence-corrected chi connectivity index (χ3v) is 4.54. The second kappa shape index (κ2) is 7.77. The van der Waals surface area contributed by atoms with Crippen LogP contribution in [0.25, 0.3) is 5.69 Å². The molecule has 0 fully saturated rings. The van der Waals surface area contributed by atoms with Gasteiger partial charge in [-0.25, -0.2) is 4.79 Å². The minimum Gasteiger partial charge on any atom is -0.358 e. The maximum Gasteiger partial charge on any atom is 0.349 e. The van der Waals surface area contributed by atoms with Crippen LogP contribution in [0.5, 0.6) is 0 Å². The molecule has 27 heavy (non-hydrogen) atoms. The molecule has 0 radical (unpaired) electrons. The zero-order chi connectivity index (χ0) is 19.6. The Morgan fingerprint density at radius 1 is 1.15 bits per heavy atom. The number of likely N-dealkylation sites (N-methyl/N-ethyl adjacent to an activating group) is 1. The average molecular weight is 405 g/mol. The summed E-state index contributed by atoms with van der Waals surface area (Å²) in [5.74, 6) is -0.902. The van der Waals surface area contributed by atoms with E-state index in [2.05, 4.69) is 15.4 Å². The predicted octanol–water partition coefficient (Wildman–Crippen LogP) is 2.11. The van der Waals surface area contributed by atoms with Crippen molar-refractivity contribution < 1.29 is 4.79 Å². The van der Waals surface area contributed by atoms with E-state index in [0.717, 1.165) is 10.9 Å². The lowest BCUT2D eigenvalue weighted by Gasteiger charge is -2.18. The first kappa shape index (κ1) is 18.9. The number of carbonyl (C=O) groups is 1. The molecule has 2 N–H and O–H groups in total. The average Bonchev–Trinajstić information content (AvgIpc) is 2.64. The highest BCUT2D eigenvalue weighted by Crippen LogP contribution is 2.32. The van der Waals surface area contributed by atoms with E-state index in [-0.39, 0.29) is 10.9 Å². The molecule has 0 aliphatic carbocycles. The van der Waals surface area contributed by atoms with Crippen LogP contribution in [0.4, 0.5) is 0 Å². The van der Waals surface area contributed by atoms with Gasteiger partial charge in [-0.05, 0) is 35.4 Å². The normalized spacial score (nSPS) is 11.8. The van der Waals surface area contributed by atoms with Gasteiger partial charge in [0, 0.05) is 17.1 Å². The Morgan fingerprint density at radius 2 is 1.85 bits per heavy atom. The van der Waals surface area contributed by atoms with Gasteiger partial charge in [0.15, 0.2) is 0 Å². The van der Waals surface area contributed by atoms with Gasteiger partial charge in [-0.3, -0.25) is 14.6 Å². The molecule has 1 amide bonds. The molecule has 1 atom stereocenters. The number of carbonyl (C=O) groups excluding carboxylic acids is 1. The van der Waals surface area contributed by atoms with Crippen molar-refractivity contribution in [2.24, 2.45) is 0 Å². The largest absolute Gasteiger partial charge is 0.358 e. The van der Waals surface area contributed by atoms with Crippen LogP contribution in [0.1, 0.15) is 17.0 Å². The van der Waals surface area contributed by atoms with Crippen LogP contribution in [-0.4, -0.2) is 27.7 Å². The number of hydrogen-bond acceptors (Lipinski definition) is 4. The molecule has 0 saturated carbocycles. The monoisotopic (exact) mass is 404 g/mol. The van der Waals surface area contributed by atoms with Gasteiger partial charge in [-0.15, -0.1) is 0 Å². The third-order valence-electron chi connectivity index (χ3n) is 3.96. The van der Waals surface area contributed by atoms with Crippen LogP contribution in [-0.2, 0) is 4.79 Å². The molecule has 0 spiro atoms. The predicted molar refractivity (Wildman–Crippen MR) is 103 cm³/mol. The van der Waals surface area contributed by atoms with Crippen molar-refractivity contribution in [2.75, 3.05) is 7.05 Å². The molecule has 3 aromatic rings. The Hall–Kier alpha value is -2.90. The number of hydrogen-bond donors (Lipinski definition) is 2. The molecule has 3 rings (SSSR count). The second-order valence-corrected chi connectivity index (χ2v) is 6.50. The number of H-pyrrole nitrogens is 1. The fourth-order valence-electron chi connectivity index (χ4n) is 2.69. The maximum atomic E-state index is 12.5. The van der Waals surface area contributed by atoms with Gasteiger partial charge in [-0.2, -0.15) is 9.78 Å². The minimum atomic E-state index is -0.688. The number of amides is 1. The molecule has 138 valence electrons. The summed E-state index contributed by atoms with van der Waals surface area (Å²) in [5.41, 5.74) is 0.345. The van der Waals surface area contributed by atoms with Crippen molar-refractivity contribution in [3.8, 4) is 5.69 Å². The first-order valence-corrected chi connectivity index (χ1v) is 8.62. The SMILES string of the molecule is CNC(=O)C(c1ccc(Cl)cc1)c1ccc(-n2ncc(=O)[nH]c2=O)cc1Cl. The highest BCUT2D eigenvalue weighted by Gasteiger charge is 2.24. The molecule has 9 heteroatoms. The Labute approximate surface area is 163 Å². The number of nitrogens with one attached hydrogen (secondary N) is 2. The van der Waals surface area contributed by atoms with Crippen molar-refractivity contribution in [2.45, 2.75) is 5.92 Å². The first-order chi connectivity index (χ1) is 12.9. The molecule has 1 heterocycles. The molecule has 0 aliphatic heterocycles. The highest BCUT2D eigenvalue weighted by molar-refractivity contribution is 6.32. The molecule has 2 aromatic carbocycles. The minimum absolute atomic E-state index is 0.244. The molecule has 0 saturated heterocycles. The lowest BCUT2D eigenvalue weighted by atomic mass is 9.90. The number of halogens is 2. The van der Waals surface area contributed by atoms with E-state index in [9.17, 15) is 14.4 Å². The summed E-state index contributed by atoms with van der Waals surface area (Å²) in [6.07, 6.45) is 0.990. The number of aromatic amines is 1. The van der Waals surface area contributed by atoms with Crippen molar-refractivity contribution >= 4 is 29.1 Å². The van der Waals surface area contributed by atoms with Crippen LogP contribution >= 0.6 is 23.2 Å². The highest BCUT2D eigenvalue weighted by atomic mass is 35.5. The molecule has 1 aromatic heterocycles. The zero-order valence-corrected chi connectivity index (χ0v) is 15.6. The molecule has 7 nitrogen and oxygen atoms in total. The summed E-state index contributed by atoms with van der Waals surface area (Å²) in [4.78, 5) is 37.7.